The highest BCUT2D eigenvalue weighted by atomic mass is 32.2. The van der Waals surface area contributed by atoms with Gasteiger partial charge in [0.1, 0.15) is 0 Å². The fourth-order valence-corrected chi connectivity index (χ4v) is 2.65. The number of amides is 1. The lowest BCUT2D eigenvalue weighted by Gasteiger charge is -2.32. The highest BCUT2D eigenvalue weighted by Crippen LogP contribution is 2.32. The summed E-state index contributed by atoms with van der Waals surface area (Å²) in [7, 11) is 0. The van der Waals surface area contributed by atoms with Gasteiger partial charge in [0.05, 0.1) is 0 Å². The number of hydrogen-bond donors (Lipinski definition) is 0. The molecule has 1 saturated carbocycles. The molecule has 0 N–H and O–H groups in total. The van der Waals surface area contributed by atoms with Gasteiger partial charge < -0.3 is 4.90 Å². The Hall–Kier alpha value is -0.960. The zero-order valence-electron chi connectivity index (χ0n) is 12.2. The molecule has 0 saturated heterocycles. The number of nitrogens with zero attached hydrogens (tertiary/aromatic N) is 1. The lowest BCUT2D eigenvalue weighted by Crippen LogP contribution is -2.43. The van der Waals surface area contributed by atoms with Crippen molar-refractivity contribution in [2.75, 3.05) is 6.26 Å². The van der Waals surface area contributed by atoms with E-state index in [1.807, 2.05) is 30.5 Å². The first-order chi connectivity index (χ1) is 9.04. The van der Waals surface area contributed by atoms with E-state index in [1.54, 1.807) is 11.8 Å². The molecule has 1 aliphatic carbocycles. The van der Waals surface area contributed by atoms with Crippen LogP contribution in [0.4, 0.5) is 0 Å². The zero-order chi connectivity index (χ0) is 14.0. The summed E-state index contributed by atoms with van der Waals surface area (Å²) in [6.07, 6.45) is 4.37. The van der Waals surface area contributed by atoms with Gasteiger partial charge in [0.2, 0.25) is 0 Å². The van der Waals surface area contributed by atoms with Gasteiger partial charge >= 0.3 is 0 Å². The number of rotatable bonds is 5. The minimum Gasteiger partial charge on any atom is -0.333 e. The number of hydrogen-bond acceptors (Lipinski definition) is 2. The van der Waals surface area contributed by atoms with Gasteiger partial charge in [-0.1, -0.05) is 13.8 Å². The minimum atomic E-state index is 0.191. The molecule has 2 rings (SSSR count). The Labute approximate surface area is 120 Å². The van der Waals surface area contributed by atoms with Crippen LogP contribution in [0.25, 0.3) is 0 Å². The molecule has 3 heteroatoms. The van der Waals surface area contributed by atoms with Crippen LogP contribution >= 0.6 is 11.8 Å². The molecule has 0 aliphatic heterocycles. The Morgan fingerprint density at radius 1 is 1.21 bits per heavy atom. The predicted molar refractivity (Wildman–Crippen MR) is 81.7 cm³/mol. The van der Waals surface area contributed by atoms with E-state index in [0.29, 0.717) is 18.0 Å². The summed E-state index contributed by atoms with van der Waals surface area (Å²) in [4.78, 5) is 16.0. The van der Waals surface area contributed by atoms with Gasteiger partial charge in [0.15, 0.2) is 0 Å². The van der Waals surface area contributed by atoms with Gasteiger partial charge in [-0.05, 0) is 56.2 Å². The van der Waals surface area contributed by atoms with E-state index in [1.165, 1.54) is 4.90 Å². The van der Waals surface area contributed by atoms with Crippen molar-refractivity contribution in [3.05, 3.63) is 29.8 Å². The van der Waals surface area contributed by atoms with E-state index in [9.17, 15) is 4.79 Å². The summed E-state index contributed by atoms with van der Waals surface area (Å²) in [5.41, 5.74) is 0.817. The van der Waals surface area contributed by atoms with Gasteiger partial charge in [-0.2, -0.15) is 0 Å². The second-order valence-corrected chi connectivity index (χ2v) is 6.54. The Bertz CT molecular complexity index is 437. The number of thioether (sulfide) groups is 1. The fourth-order valence-electron chi connectivity index (χ4n) is 2.24. The highest BCUT2D eigenvalue weighted by Gasteiger charge is 2.36. The summed E-state index contributed by atoms with van der Waals surface area (Å²) in [5, 5.41) is 0. The number of carbonyl (C=O) groups excluding carboxylic acids is 1. The maximum Gasteiger partial charge on any atom is 0.254 e. The largest absolute Gasteiger partial charge is 0.333 e. The van der Waals surface area contributed by atoms with Crippen molar-refractivity contribution >= 4 is 17.7 Å². The van der Waals surface area contributed by atoms with E-state index >= 15 is 0 Å². The molecule has 0 aromatic heterocycles. The molecule has 1 aromatic rings. The minimum absolute atomic E-state index is 0.191. The van der Waals surface area contributed by atoms with Crippen LogP contribution in [0.5, 0.6) is 0 Å². The fraction of sp³-hybridized carbons (Fsp3) is 0.562. The van der Waals surface area contributed by atoms with Crippen LogP contribution in [0, 0.1) is 5.92 Å². The van der Waals surface area contributed by atoms with Gasteiger partial charge in [-0.3, -0.25) is 4.79 Å². The Kier molecular flexibility index (Phi) is 4.56. The van der Waals surface area contributed by atoms with Crippen LogP contribution in [0.3, 0.4) is 0 Å². The first-order valence-electron chi connectivity index (χ1n) is 7.01. The molecule has 1 aromatic carbocycles. The van der Waals surface area contributed by atoms with Crippen molar-refractivity contribution < 1.29 is 4.79 Å². The lowest BCUT2D eigenvalue weighted by atomic mass is 10.0. The SMILES string of the molecule is CSc1ccc(C(=O)N(C2CC2)C(C)C(C)C)cc1. The maximum absolute atomic E-state index is 12.7. The van der Waals surface area contributed by atoms with Crippen LogP contribution < -0.4 is 0 Å². The molecule has 1 unspecified atom stereocenters. The van der Waals surface area contributed by atoms with Crippen LogP contribution in [0.1, 0.15) is 44.0 Å². The third kappa shape index (κ3) is 3.33. The zero-order valence-corrected chi connectivity index (χ0v) is 13.0. The average molecular weight is 277 g/mol. The molecule has 104 valence electrons. The van der Waals surface area contributed by atoms with Crippen molar-refractivity contribution in [3.8, 4) is 0 Å². The molecule has 19 heavy (non-hydrogen) atoms. The summed E-state index contributed by atoms with van der Waals surface area (Å²) in [5.74, 6) is 0.686. The second kappa shape index (κ2) is 6.00. The third-order valence-electron chi connectivity index (χ3n) is 3.92. The van der Waals surface area contributed by atoms with Crippen LogP contribution in [-0.4, -0.2) is 29.1 Å². The average Bonchev–Trinajstić information content (AvgIpc) is 3.23. The summed E-state index contributed by atoms with van der Waals surface area (Å²) in [6.45, 7) is 6.53. The molecule has 0 heterocycles. The van der Waals surface area contributed by atoms with E-state index in [2.05, 4.69) is 25.7 Å². The van der Waals surface area contributed by atoms with Crippen LogP contribution in [-0.2, 0) is 0 Å². The Balaban J connectivity index is 2.18. The summed E-state index contributed by atoms with van der Waals surface area (Å²) >= 11 is 1.70. The number of carbonyl (C=O) groups is 1. The monoisotopic (exact) mass is 277 g/mol. The van der Waals surface area contributed by atoms with Crippen molar-refractivity contribution in [1.29, 1.82) is 0 Å². The van der Waals surface area contributed by atoms with Crippen LogP contribution in [0.2, 0.25) is 0 Å². The Morgan fingerprint density at radius 2 is 1.79 bits per heavy atom. The number of benzene rings is 1. The molecule has 0 bridgehead atoms. The normalized spacial score (nSPS) is 16.5. The van der Waals surface area contributed by atoms with Gasteiger partial charge in [0, 0.05) is 22.5 Å². The van der Waals surface area contributed by atoms with E-state index in [0.717, 1.165) is 18.4 Å². The van der Waals surface area contributed by atoms with Crippen molar-refractivity contribution in [2.24, 2.45) is 5.92 Å². The first-order valence-corrected chi connectivity index (χ1v) is 8.23. The van der Waals surface area contributed by atoms with Gasteiger partial charge in [-0.15, -0.1) is 11.8 Å². The van der Waals surface area contributed by atoms with E-state index in [-0.39, 0.29) is 5.91 Å². The molecular weight excluding hydrogens is 254 g/mol. The van der Waals surface area contributed by atoms with Gasteiger partial charge in [-0.25, -0.2) is 0 Å². The van der Waals surface area contributed by atoms with E-state index in [4.69, 9.17) is 0 Å². The lowest BCUT2D eigenvalue weighted by molar-refractivity contribution is 0.0628. The smallest absolute Gasteiger partial charge is 0.254 e. The van der Waals surface area contributed by atoms with E-state index < -0.39 is 0 Å². The molecule has 0 spiro atoms. The van der Waals surface area contributed by atoms with Crippen molar-refractivity contribution in [3.63, 3.8) is 0 Å². The molecule has 1 atom stereocenters. The molecule has 1 aliphatic rings. The van der Waals surface area contributed by atoms with Crippen molar-refractivity contribution in [2.45, 2.75) is 50.6 Å². The molecule has 0 radical (unpaired) electrons. The molecule has 1 amide bonds. The summed E-state index contributed by atoms with van der Waals surface area (Å²) < 4.78 is 0. The first kappa shape index (κ1) is 14.4. The molecule has 2 nitrogen and oxygen atoms in total. The Morgan fingerprint density at radius 3 is 2.21 bits per heavy atom. The molecule has 1 fully saturated rings. The van der Waals surface area contributed by atoms with Gasteiger partial charge in [0.25, 0.3) is 5.91 Å². The topological polar surface area (TPSA) is 20.3 Å². The highest BCUT2D eigenvalue weighted by molar-refractivity contribution is 7.98. The molecular formula is C16H23NOS. The van der Waals surface area contributed by atoms with Crippen LogP contribution in [0.15, 0.2) is 29.2 Å². The standard InChI is InChI=1S/C16H23NOS/c1-11(2)12(3)17(14-7-8-14)16(18)13-5-9-15(19-4)10-6-13/h5-6,9-12,14H,7-8H2,1-4H3. The predicted octanol–water partition coefficient (Wildman–Crippen LogP) is 4.06. The maximum atomic E-state index is 12.7. The second-order valence-electron chi connectivity index (χ2n) is 5.66. The quantitative estimate of drug-likeness (QED) is 0.757. The van der Waals surface area contributed by atoms with Crippen molar-refractivity contribution in [1.82, 2.24) is 4.90 Å². The third-order valence-corrected chi connectivity index (χ3v) is 4.66. The summed E-state index contributed by atoms with van der Waals surface area (Å²) in [6, 6.07) is 8.74.